The van der Waals surface area contributed by atoms with Crippen LogP contribution in [0.4, 0.5) is 10.5 Å². The summed E-state index contributed by atoms with van der Waals surface area (Å²) in [5, 5.41) is 5.49. The number of rotatable bonds is 6. The van der Waals surface area contributed by atoms with Crippen LogP contribution in [0.5, 0.6) is 0 Å². The number of carbonyl (C=O) groups excluding carboxylic acids is 3. The summed E-state index contributed by atoms with van der Waals surface area (Å²) in [5.74, 6) is -0.588. The SMILES string of the molecule is O=C(CCN1C(=O)NC2(CCCC2)C1=O)Nc1ccc(S(=O)(=O)N2CCCCC2)cc1. The number of sulfonamides is 1. The fraction of sp³-hybridized carbons (Fsp3) is 0.571. The van der Waals surface area contributed by atoms with Gasteiger partial charge in [0.2, 0.25) is 15.9 Å². The minimum absolute atomic E-state index is 0.0136. The summed E-state index contributed by atoms with van der Waals surface area (Å²) in [6.45, 7) is 1.08. The molecule has 10 heteroatoms. The van der Waals surface area contributed by atoms with Gasteiger partial charge in [0.25, 0.3) is 5.91 Å². The summed E-state index contributed by atoms with van der Waals surface area (Å²) in [6, 6.07) is 5.64. The number of nitrogens with one attached hydrogen (secondary N) is 2. The van der Waals surface area contributed by atoms with Gasteiger partial charge in [0, 0.05) is 31.7 Å². The van der Waals surface area contributed by atoms with E-state index in [2.05, 4.69) is 10.6 Å². The number of amides is 4. The molecule has 2 heterocycles. The number of nitrogens with zero attached hydrogens (tertiary/aromatic N) is 2. The first-order chi connectivity index (χ1) is 14.8. The zero-order valence-corrected chi connectivity index (χ0v) is 18.2. The van der Waals surface area contributed by atoms with E-state index in [4.69, 9.17) is 0 Å². The highest BCUT2D eigenvalue weighted by Gasteiger charge is 2.52. The molecule has 31 heavy (non-hydrogen) atoms. The molecule has 1 aromatic carbocycles. The third kappa shape index (κ3) is 4.31. The number of hydrogen-bond donors (Lipinski definition) is 2. The normalized spacial score (nSPS) is 21.5. The molecule has 1 saturated carbocycles. The standard InChI is InChI=1S/C21H28N4O5S/c26-18(10-15-25-19(27)21(23-20(25)28)11-2-3-12-21)22-16-6-8-17(9-7-16)31(29,30)24-13-4-1-5-14-24/h6-9H,1-5,10-15H2,(H,22,26)(H,23,28). The van der Waals surface area contributed by atoms with Gasteiger partial charge in [-0.15, -0.1) is 0 Å². The van der Waals surface area contributed by atoms with Crippen molar-refractivity contribution >= 4 is 33.6 Å². The van der Waals surface area contributed by atoms with Crippen LogP contribution in [0.3, 0.4) is 0 Å². The van der Waals surface area contributed by atoms with Crippen molar-refractivity contribution in [3.8, 4) is 0 Å². The maximum Gasteiger partial charge on any atom is 0.325 e. The summed E-state index contributed by atoms with van der Waals surface area (Å²) in [6.07, 6.45) is 5.86. The molecule has 3 aliphatic rings. The Kier molecular flexibility index (Phi) is 6.02. The van der Waals surface area contributed by atoms with Crippen molar-refractivity contribution in [2.75, 3.05) is 25.0 Å². The molecule has 3 fully saturated rings. The van der Waals surface area contributed by atoms with Crippen LogP contribution in [0.25, 0.3) is 0 Å². The molecule has 0 radical (unpaired) electrons. The van der Waals surface area contributed by atoms with Crippen molar-refractivity contribution in [2.24, 2.45) is 0 Å². The molecule has 2 saturated heterocycles. The molecule has 9 nitrogen and oxygen atoms in total. The minimum atomic E-state index is -3.52. The van der Waals surface area contributed by atoms with Crippen LogP contribution in [0.2, 0.25) is 0 Å². The van der Waals surface area contributed by atoms with Gasteiger partial charge in [0.15, 0.2) is 0 Å². The monoisotopic (exact) mass is 448 g/mol. The smallest absolute Gasteiger partial charge is 0.325 e. The minimum Gasteiger partial charge on any atom is -0.326 e. The highest BCUT2D eigenvalue weighted by Crippen LogP contribution is 2.35. The van der Waals surface area contributed by atoms with Crippen molar-refractivity contribution in [3.63, 3.8) is 0 Å². The summed E-state index contributed by atoms with van der Waals surface area (Å²) < 4.78 is 26.9. The van der Waals surface area contributed by atoms with E-state index in [9.17, 15) is 22.8 Å². The maximum absolute atomic E-state index is 12.7. The molecule has 0 unspecified atom stereocenters. The Morgan fingerprint density at radius 1 is 1.00 bits per heavy atom. The Labute approximate surface area is 182 Å². The van der Waals surface area contributed by atoms with E-state index in [1.165, 1.54) is 16.4 Å². The number of hydrogen-bond acceptors (Lipinski definition) is 5. The largest absolute Gasteiger partial charge is 0.326 e. The Morgan fingerprint density at radius 2 is 1.65 bits per heavy atom. The van der Waals surface area contributed by atoms with Crippen LogP contribution in [0, 0.1) is 0 Å². The number of benzene rings is 1. The summed E-state index contributed by atoms with van der Waals surface area (Å²) in [5.41, 5.74) is -0.310. The third-order valence-electron chi connectivity index (χ3n) is 6.36. The van der Waals surface area contributed by atoms with Gasteiger partial charge in [0.05, 0.1) is 4.90 Å². The third-order valence-corrected chi connectivity index (χ3v) is 8.27. The van der Waals surface area contributed by atoms with E-state index in [1.54, 1.807) is 12.1 Å². The van der Waals surface area contributed by atoms with E-state index in [-0.39, 0.29) is 29.7 Å². The second-order valence-electron chi connectivity index (χ2n) is 8.46. The molecule has 0 aromatic heterocycles. The average Bonchev–Trinajstić information content (AvgIpc) is 3.32. The van der Waals surface area contributed by atoms with Crippen LogP contribution in [0.15, 0.2) is 29.2 Å². The van der Waals surface area contributed by atoms with E-state index >= 15 is 0 Å². The van der Waals surface area contributed by atoms with Gasteiger partial charge in [0.1, 0.15) is 5.54 Å². The molecule has 4 rings (SSSR count). The Hall–Kier alpha value is -2.46. The Morgan fingerprint density at radius 3 is 2.29 bits per heavy atom. The lowest BCUT2D eigenvalue weighted by Crippen LogP contribution is -2.44. The average molecular weight is 449 g/mol. The number of anilines is 1. The van der Waals surface area contributed by atoms with Gasteiger partial charge in [-0.1, -0.05) is 19.3 Å². The number of imide groups is 1. The van der Waals surface area contributed by atoms with Crippen molar-refractivity contribution in [1.82, 2.24) is 14.5 Å². The second-order valence-corrected chi connectivity index (χ2v) is 10.4. The van der Waals surface area contributed by atoms with Gasteiger partial charge in [-0.2, -0.15) is 4.31 Å². The van der Waals surface area contributed by atoms with Crippen molar-refractivity contribution in [2.45, 2.75) is 61.8 Å². The zero-order chi connectivity index (χ0) is 22.1. The van der Waals surface area contributed by atoms with Crippen LogP contribution in [0.1, 0.15) is 51.4 Å². The van der Waals surface area contributed by atoms with Crippen molar-refractivity contribution in [3.05, 3.63) is 24.3 Å². The van der Waals surface area contributed by atoms with Gasteiger partial charge >= 0.3 is 6.03 Å². The summed E-state index contributed by atoms with van der Waals surface area (Å²) in [4.78, 5) is 38.4. The quantitative estimate of drug-likeness (QED) is 0.646. The fourth-order valence-corrected chi connectivity index (χ4v) is 6.12. The van der Waals surface area contributed by atoms with Crippen molar-refractivity contribution in [1.29, 1.82) is 0 Å². The molecule has 4 amide bonds. The lowest BCUT2D eigenvalue weighted by Gasteiger charge is -2.25. The lowest BCUT2D eigenvalue weighted by molar-refractivity contribution is -0.131. The molecule has 1 aromatic rings. The van der Waals surface area contributed by atoms with Gasteiger partial charge in [-0.3, -0.25) is 14.5 Å². The van der Waals surface area contributed by atoms with E-state index in [1.807, 2.05) is 0 Å². The van der Waals surface area contributed by atoms with Crippen LogP contribution < -0.4 is 10.6 Å². The predicted octanol–water partition coefficient (Wildman–Crippen LogP) is 2.05. The summed E-state index contributed by atoms with van der Waals surface area (Å²) in [7, 11) is -3.52. The molecule has 168 valence electrons. The molecule has 1 aliphatic carbocycles. The first-order valence-corrected chi connectivity index (χ1v) is 12.3. The highest BCUT2D eigenvalue weighted by molar-refractivity contribution is 7.89. The molecule has 2 aliphatic heterocycles. The second kappa shape index (κ2) is 8.58. The van der Waals surface area contributed by atoms with E-state index in [0.29, 0.717) is 31.6 Å². The molecule has 0 atom stereocenters. The maximum atomic E-state index is 12.7. The lowest BCUT2D eigenvalue weighted by atomic mass is 9.98. The Bertz CT molecular complexity index is 964. The van der Waals surface area contributed by atoms with Crippen LogP contribution in [-0.2, 0) is 19.6 Å². The molecule has 0 bridgehead atoms. The Balaban J connectivity index is 1.32. The number of carbonyl (C=O) groups is 3. The van der Waals surface area contributed by atoms with E-state index < -0.39 is 21.6 Å². The van der Waals surface area contributed by atoms with Crippen LogP contribution >= 0.6 is 0 Å². The molecule has 1 spiro atoms. The first-order valence-electron chi connectivity index (χ1n) is 10.9. The topological polar surface area (TPSA) is 116 Å². The molecule has 2 N–H and O–H groups in total. The van der Waals surface area contributed by atoms with Gasteiger partial charge in [-0.05, 0) is 49.9 Å². The number of urea groups is 1. The van der Waals surface area contributed by atoms with Crippen molar-refractivity contribution < 1.29 is 22.8 Å². The first kappa shape index (κ1) is 21.8. The highest BCUT2D eigenvalue weighted by atomic mass is 32.2. The number of piperidine rings is 1. The molecular weight excluding hydrogens is 420 g/mol. The van der Waals surface area contributed by atoms with E-state index in [0.717, 1.165) is 37.0 Å². The van der Waals surface area contributed by atoms with Crippen LogP contribution in [-0.4, -0.2) is 60.6 Å². The van der Waals surface area contributed by atoms with Gasteiger partial charge in [-0.25, -0.2) is 13.2 Å². The zero-order valence-electron chi connectivity index (χ0n) is 17.4. The fourth-order valence-electron chi connectivity index (χ4n) is 4.60. The molecular formula is C21H28N4O5S. The summed E-state index contributed by atoms with van der Waals surface area (Å²) >= 11 is 0. The van der Waals surface area contributed by atoms with Gasteiger partial charge < -0.3 is 10.6 Å². The predicted molar refractivity (Wildman–Crippen MR) is 114 cm³/mol.